The maximum Gasteiger partial charge on any atom is 0.164 e. The molecule has 0 spiro atoms. The average Bonchev–Trinajstić information content (AvgIpc) is 2.96. The number of aromatic nitrogens is 3. The summed E-state index contributed by atoms with van der Waals surface area (Å²) in [6.45, 7) is 4.63. The van der Waals surface area contributed by atoms with Crippen molar-refractivity contribution in [1.82, 2.24) is 20.1 Å². The lowest BCUT2D eigenvalue weighted by Crippen LogP contribution is -2.15. The molecule has 0 aliphatic carbocycles. The van der Waals surface area contributed by atoms with Gasteiger partial charge >= 0.3 is 0 Å². The smallest absolute Gasteiger partial charge is 0.164 e. The van der Waals surface area contributed by atoms with E-state index >= 15 is 0 Å². The summed E-state index contributed by atoms with van der Waals surface area (Å²) >= 11 is 0. The van der Waals surface area contributed by atoms with Gasteiger partial charge in [-0.2, -0.15) is 5.10 Å². The van der Waals surface area contributed by atoms with Crippen LogP contribution in [0.3, 0.4) is 0 Å². The van der Waals surface area contributed by atoms with E-state index in [1.165, 1.54) is 16.3 Å². The van der Waals surface area contributed by atoms with Crippen molar-refractivity contribution < 1.29 is 0 Å². The largest absolute Gasteiger partial charge is 0.310 e. The predicted octanol–water partition coefficient (Wildman–Crippen LogP) is 2.98. The first-order valence-electron chi connectivity index (χ1n) is 7.42. The van der Waals surface area contributed by atoms with Crippen LogP contribution in [0.4, 0.5) is 0 Å². The molecule has 0 bridgehead atoms. The van der Waals surface area contributed by atoms with Crippen molar-refractivity contribution in [3.8, 4) is 0 Å². The molecule has 0 aliphatic rings. The van der Waals surface area contributed by atoms with Crippen LogP contribution in [0.5, 0.6) is 0 Å². The van der Waals surface area contributed by atoms with E-state index in [2.05, 4.69) is 64.8 Å². The molecule has 4 heteroatoms. The van der Waals surface area contributed by atoms with Crippen molar-refractivity contribution in [3.05, 3.63) is 60.2 Å². The first-order chi connectivity index (χ1) is 10.4. The lowest BCUT2D eigenvalue weighted by Gasteiger charge is -2.06. The van der Waals surface area contributed by atoms with E-state index in [1.807, 2.05) is 11.0 Å². The summed E-state index contributed by atoms with van der Waals surface area (Å²) < 4.78 is 1.91. The first-order valence-corrected chi connectivity index (χ1v) is 7.42. The van der Waals surface area contributed by atoms with Gasteiger partial charge in [0.15, 0.2) is 5.82 Å². The minimum Gasteiger partial charge on any atom is -0.310 e. The zero-order chi connectivity index (χ0) is 14.5. The fourth-order valence-electron chi connectivity index (χ4n) is 2.47. The molecule has 3 aromatic rings. The highest BCUT2D eigenvalue weighted by atomic mass is 15.3. The van der Waals surface area contributed by atoms with Crippen LogP contribution in [0.1, 0.15) is 24.7 Å². The maximum absolute atomic E-state index is 4.53. The Balaban J connectivity index is 1.76. The Bertz CT molecular complexity index is 712. The van der Waals surface area contributed by atoms with E-state index < -0.39 is 0 Å². The predicted molar refractivity (Wildman–Crippen MR) is 85.1 cm³/mol. The van der Waals surface area contributed by atoms with E-state index in [1.54, 1.807) is 0 Å². The van der Waals surface area contributed by atoms with Crippen molar-refractivity contribution in [3.63, 3.8) is 0 Å². The number of benzene rings is 2. The van der Waals surface area contributed by atoms with Gasteiger partial charge in [0.25, 0.3) is 0 Å². The van der Waals surface area contributed by atoms with E-state index in [0.29, 0.717) is 0 Å². The van der Waals surface area contributed by atoms with Gasteiger partial charge in [0.2, 0.25) is 0 Å². The van der Waals surface area contributed by atoms with Gasteiger partial charge in [-0.3, -0.25) is 0 Å². The average molecular weight is 280 g/mol. The van der Waals surface area contributed by atoms with Gasteiger partial charge in [-0.15, -0.1) is 0 Å². The van der Waals surface area contributed by atoms with Gasteiger partial charge in [-0.1, -0.05) is 49.4 Å². The van der Waals surface area contributed by atoms with Crippen LogP contribution < -0.4 is 5.32 Å². The van der Waals surface area contributed by atoms with Crippen LogP contribution in [0.25, 0.3) is 10.8 Å². The zero-order valence-corrected chi connectivity index (χ0v) is 12.3. The molecule has 1 N–H and O–H groups in total. The molecule has 0 unspecified atom stereocenters. The number of nitrogens with zero attached hydrogens (tertiary/aromatic N) is 3. The van der Waals surface area contributed by atoms with Crippen LogP contribution in [0.15, 0.2) is 48.8 Å². The quantitative estimate of drug-likeness (QED) is 0.706. The zero-order valence-electron chi connectivity index (χ0n) is 12.3. The van der Waals surface area contributed by atoms with Crippen molar-refractivity contribution in [2.75, 3.05) is 6.54 Å². The lowest BCUT2D eigenvalue weighted by molar-refractivity contribution is 0.626. The van der Waals surface area contributed by atoms with Gasteiger partial charge in [-0.25, -0.2) is 9.67 Å². The van der Waals surface area contributed by atoms with Crippen molar-refractivity contribution in [2.45, 2.75) is 26.4 Å². The fraction of sp³-hybridized carbons (Fsp3) is 0.294. The second-order valence-electron chi connectivity index (χ2n) is 5.17. The molecule has 0 atom stereocenters. The SMILES string of the molecule is CCCNCc1ncn(Cc2cccc3ccccc23)n1. The molecule has 0 saturated heterocycles. The second-order valence-corrected chi connectivity index (χ2v) is 5.17. The first kappa shape index (κ1) is 13.8. The minimum absolute atomic E-state index is 0.733. The number of nitrogens with one attached hydrogen (secondary N) is 1. The van der Waals surface area contributed by atoms with Gasteiger partial charge in [0.1, 0.15) is 6.33 Å². The van der Waals surface area contributed by atoms with Crippen molar-refractivity contribution in [1.29, 1.82) is 0 Å². The Kier molecular flexibility index (Phi) is 4.26. The molecular formula is C17H20N4. The van der Waals surface area contributed by atoms with Crippen molar-refractivity contribution in [2.24, 2.45) is 0 Å². The molecule has 1 aromatic heterocycles. The molecule has 108 valence electrons. The third-order valence-corrected chi connectivity index (χ3v) is 3.51. The fourth-order valence-corrected chi connectivity index (χ4v) is 2.47. The highest BCUT2D eigenvalue weighted by Crippen LogP contribution is 2.19. The molecule has 0 radical (unpaired) electrons. The molecule has 0 saturated carbocycles. The molecule has 0 aliphatic heterocycles. The van der Waals surface area contributed by atoms with Crippen LogP contribution in [-0.2, 0) is 13.1 Å². The van der Waals surface area contributed by atoms with Crippen LogP contribution in [0.2, 0.25) is 0 Å². The molecule has 4 nitrogen and oxygen atoms in total. The van der Waals surface area contributed by atoms with E-state index in [9.17, 15) is 0 Å². The number of fused-ring (bicyclic) bond motifs is 1. The third kappa shape index (κ3) is 3.28. The summed E-state index contributed by atoms with van der Waals surface area (Å²) in [7, 11) is 0. The highest BCUT2D eigenvalue weighted by molar-refractivity contribution is 5.85. The van der Waals surface area contributed by atoms with Gasteiger partial charge in [0, 0.05) is 0 Å². The molecule has 21 heavy (non-hydrogen) atoms. The summed E-state index contributed by atoms with van der Waals surface area (Å²) in [5.41, 5.74) is 1.27. The van der Waals surface area contributed by atoms with Gasteiger partial charge < -0.3 is 5.32 Å². The summed E-state index contributed by atoms with van der Waals surface area (Å²) in [6, 6.07) is 14.8. The Hall–Kier alpha value is -2.20. The molecule has 2 aromatic carbocycles. The summed E-state index contributed by atoms with van der Waals surface area (Å²) in [5, 5.41) is 10.4. The van der Waals surface area contributed by atoms with Gasteiger partial charge in [-0.05, 0) is 29.3 Å². The third-order valence-electron chi connectivity index (χ3n) is 3.51. The van der Waals surface area contributed by atoms with E-state index in [4.69, 9.17) is 0 Å². The lowest BCUT2D eigenvalue weighted by atomic mass is 10.0. The number of hydrogen-bond donors (Lipinski definition) is 1. The standard InChI is InChI=1S/C17H20N4/c1-2-10-18-11-17-19-13-21(20-17)12-15-8-5-7-14-6-3-4-9-16(14)15/h3-9,13,18H,2,10-12H2,1H3. The number of hydrogen-bond acceptors (Lipinski definition) is 3. The normalized spacial score (nSPS) is 11.1. The maximum atomic E-state index is 4.53. The van der Waals surface area contributed by atoms with E-state index in [-0.39, 0.29) is 0 Å². The summed E-state index contributed by atoms with van der Waals surface area (Å²) in [6.07, 6.45) is 2.93. The van der Waals surface area contributed by atoms with Gasteiger partial charge in [0.05, 0.1) is 13.1 Å². The number of rotatable bonds is 6. The molecule has 0 amide bonds. The van der Waals surface area contributed by atoms with E-state index in [0.717, 1.165) is 31.9 Å². The Morgan fingerprint density at radius 2 is 1.95 bits per heavy atom. The highest BCUT2D eigenvalue weighted by Gasteiger charge is 2.04. The molecular weight excluding hydrogens is 260 g/mol. The summed E-state index contributed by atoms with van der Waals surface area (Å²) in [4.78, 5) is 4.35. The minimum atomic E-state index is 0.733. The Morgan fingerprint density at radius 3 is 2.86 bits per heavy atom. The van der Waals surface area contributed by atoms with Crippen molar-refractivity contribution >= 4 is 10.8 Å². The summed E-state index contributed by atoms with van der Waals surface area (Å²) in [5.74, 6) is 0.851. The molecule has 1 heterocycles. The molecule has 0 fully saturated rings. The van der Waals surface area contributed by atoms with Crippen LogP contribution in [-0.4, -0.2) is 21.3 Å². The second kappa shape index (κ2) is 6.50. The monoisotopic (exact) mass is 280 g/mol. The Labute approximate surface area is 124 Å². The Morgan fingerprint density at radius 1 is 1.10 bits per heavy atom. The van der Waals surface area contributed by atoms with Crippen LogP contribution in [0, 0.1) is 0 Å². The van der Waals surface area contributed by atoms with Crippen LogP contribution >= 0.6 is 0 Å². The topological polar surface area (TPSA) is 42.7 Å². The molecule has 3 rings (SSSR count).